The summed E-state index contributed by atoms with van der Waals surface area (Å²) in [6.07, 6.45) is 3.29. The summed E-state index contributed by atoms with van der Waals surface area (Å²) in [4.78, 5) is 18.1. The number of hydrogen-bond acceptors (Lipinski definition) is 3. The van der Waals surface area contributed by atoms with Crippen LogP contribution in [0.25, 0.3) is 0 Å². The number of allylic oxidation sites excluding steroid dienone is 1. The molecule has 6 nitrogen and oxygen atoms in total. The molecule has 84 valence electrons. The van der Waals surface area contributed by atoms with Gasteiger partial charge in [-0.05, 0) is 33.0 Å². The minimum atomic E-state index is -0.770. The molecule has 0 heterocycles. The zero-order valence-corrected chi connectivity index (χ0v) is 9.10. The van der Waals surface area contributed by atoms with Gasteiger partial charge in [0, 0.05) is 6.21 Å². The molecule has 4 N–H and O–H groups in total. The Balaban J connectivity index is 4.30. The fraction of sp³-hybridized carbons (Fsp3) is 0.444. The van der Waals surface area contributed by atoms with Crippen molar-refractivity contribution in [2.75, 3.05) is 0 Å². The Morgan fingerprint density at radius 1 is 1.40 bits per heavy atom. The summed E-state index contributed by atoms with van der Waals surface area (Å²) in [5.41, 5.74) is 9.77. The molecule has 0 aliphatic heterocycles. The third kappa shape index (κ3) is 8.48. The summed E-state index contributed by atoms with van der Waals surface area (Å²) in [7, 11) is 0. The molecule has 6 heteroatoms. The third-order valence-corrected chi connectivity index (χ3v) is 1.00. The molecule has 0 fully saturated rings. The van der Waals surface area contributed by atoms with E-state index in [4.69, 9.17) is 16.2 Å². The lowest BCUT2D eigenvalue weighted by molar-refractivity contribution is 0.0604. The van der Waals surface area contributed by atoms with Crippen LogP contribution in [-0.4, -0.2) is 23.9 Å². The van der Waals surface area contributed by atoms with Gasteiger partial charge in [-0.25, -0.2) is 9.79 Å². The Bertz CT molecular complexity index is 300. The lowest BCUT2D eigenvalue weighted by Crippen LogP contribution is -2.23. The van der Waals surface area contributed by atoms with Crippen molar-refractivity contribution in [2.24, 2.45) is 21.5 Å². The molecule has 0 saturated heterocycles. The van der Waals surface area contributed by atoms with Crippen LogP contribution in [0.2, 0.25) is 0 Å². The summed E-state index contributed by atoms with van der Waals surface area (Å²) in [5, 5.41) is 0. The molecule has 0 aromatic carbocycles. The van der Waals surface area contributed by atoms with Crippen molar-refractivity contribution in [1.82, 2.24) is 0 Å². The standard InChI is InChI=1S/C9H16N4O2/c1-9(2,3)15-8(14)13-7(11)12-6-4-5-10/h4-6H,10H2,1-3H3,(H2,11,13,14). The number of nitrogens with zero attached hydrogens (tertiary/aromatic N) is 2. The Hall–Kier alpha value is -1.85. The molecule has 1 amide bonds. The molecular weight excluding hydrogens is 196 g/mol. The highest BCUT2D eigenvalue weighted by Gasteiger charge is 2.15. The van der Waals surface area contributed by atoms with Crippen LogP contribution in [0.5, 0.6) is 0 Å². The molecule has 0 atom stereocenters. The van der Waals surface area contributed by atoms with E-state index in [9.17, 15) is 4.79 Å². The first-order valence-electron chi connectivity index (χ1n) is 4.33. The van der Waals surface area contributed by atoms with E-state index in [2.05, 4.69) is 9.98 Å². The van der Waals surface area contributed by atoms with Crippen LogP contribution in [0, 0.1) is 0 Å². The van der Waals surface area contributed by atoms with Crippen LogP contribution in [0.3, 0.4) is 0 Å². The Kier molecular flexibility index (Phi) is 5.08. The molecular formula is C9H16N4O2. The highest BCUT2D eigenvalue weighted by molar-refractivity contribution is 5.95. The van der Waals surface area contributed by atoms with Gasteiger partial charge in [-0.2, -0.15) is 0 Å². The van der Waals surface area contributed by atoms with Crippen molar-refractivity contribution >= 4 is 18.3 Å². The van der Waals surface area contributed by atoms with Gasteiger partial charge >= 0.3 is 6.09 Å². The van der Waals surface area contributed by atoms with Gasteiger partial charge in [0.15, 0.2) is 0 Å². The average Bonchev–Trinajstić information content (AvgIpc) is 2.00. The van der Waals surface area contributed by atoms with Crippen LogP contribution in [0.1, 0.15) is 20.8 Å². The van der Waals surface area contributed by atoms with E-state index in [1.165, 1.54) is 18.5 Å². The van der Waals surface area contributed by atoms with Crippen LogP contribution in [0.15, 0.2) is 22.3 Å². The average molecular weight is 212 g/mol. The second-order valence-electron chi connectivity index (χ2n) is 3.61. The zero-order chi connectivity index (χ0) is 11.9. The Labute approximate surface area is 88.7 Å². The smallest absolute Gasteiger partial charge is 0.437 e. The van der Waals surface area contributed by atoms with Gasteiger partial charge in [-0.3, -0.25) is 0 Å². The second-order valence-corrected chi connectivity index (χ2v) is 3.61. The maximum absolute atomic E-state index is 11.1. The summed E-state index contributed by atoms with van der Waals surface area (Å²) in [6.45, 7) is 5.20. The number of hydrogen-bond donors (Lipinski definition) is 2. The fourth-order valence-corrected chi connectivity index (χ4v) is 0.576. The maximum atomic E-state index is 11.1. The Morgan fingerprint density at radius 3 is 2.47 bits per heavy atom. The number of rotatable bonds is 1. The molecule has 0 spiro atoms. The van der Waals surface area contributed by atoms with Gasteiger partial charge in [-0.1, -0.05) is 0 Å². The van der Waals surface area contributed by atoms with E-state index in [-0.39, 0.29) is 5.96 Å². The minimum absolute atomic E-state index is 0.178. The van der Waals surface area contributed by atoms with E-state index < -0.39 is 11.7 Å². The second kappa shape index (κ2) is 5.79. The summed E-state index contributed by atoms with van der Waals surface area (Å²) in [6, 6.07) is 0. The highest BCUT2D eigenvalue weighted by Crippen LogP contribution is 2.07. The molecule has 0 aromatic rings. The fourth-order valence-electron chi connectivity index (χ4n) is 0.576. The number of guanidine groups is 1. The molecule has 0 aliphatic carbocycles. The van der Waals surface area contributed by atoms with Crippen molar-refractivity contribution in [3.05, 3.63) is 12.3 Å². The molecule has 0 radical (unpaired) electrons. The lowest BCUT2D eigenvalue weighted by Gasteiger charge is -2.17. The first-order chi connectivity index (χ1) is 6.85. The number of carbonyl (C=O) groups is 1. The van der Waals surface area contributed by atoms with E-state index >= 15 is 0 Å². The van der Waals surface area contributed by atoms with E-state index in [0.717, 1.165) is 0 Å². The van der Waals surface area contributed by atoms with Crippen molar-refractivity contribution in [3.63, 3.8) is 0 Å². The molecule has 15 heavy (non-hydrogen) atoms. The van der Waals surface area contributed by atoms with Crippen LogP contribution in [0.4, 0.5) is 4.79 Å². The van der Waals surface area contributed by atoms with Gasteiger partial charge in [0.25, 0.3) is 0 Å². The first-order valence-corrected chi connectivity index (χ1v) is 4.33. The quantitative estimate of drug-likeness (QED) is 0.495. The van der Waals surface area contributed by atoms with Gasteiger partial charge < -0.3 is 16.2 Å². The van der Waals surface area contributed by atoms with Crippen LogP contribution in [-0.2, 0) is 4.74 Å². The molecule has 0 unspecified atom stereocenters. The zero-order valence-electron chi connectivity index (χ0n) is 9.10. The molecule has 0 aliphatic rings. The van der Waals surface area contributed by atoms with Crippen molar-refractivity contribution in [3.8, 4) is 0 Å². The van der Waals surface area contributed by atoms with Crippen molar-refractivity contribution in [2.45, 2.75) is 26.4 Å². The lowest BCUT2D eigenvalue weighted by atomic mass is 10.2. The summed E-state index contributed by atoms with van der Waals surface area (Å²) >= 11 is 0. The van der Waals surface area contributed by atoms with Gasteiger partial charge in [0.05, 0.1) is 0 Å². The van der Waals surface area contributed by atoms with Crippen molar-refractivity contribution < 1.29 is 9.53 Å². The predicted molar refractivity (Wildman–Crippen MR) is 59.7 cm³/mol. The van der Waals surface area contributed by atoms with E-state index in [1.807, 2.05) is 0 Å². The summed E-state index contributed by atoms with van der Waals surface area (Å²) < 4.78 is 4.89. The number of nitrogens with two attached hydrogens (primary N) is 2. The Morgan fingerprint density at radius 2 is 2.00 bits per heavy atom. The third-order valence-electron chi connectivity index (χ3n) is 1.00. The molecule has 0 aromatic heterocycles. The normalized spacial score (nSPS) is 13.7. The van der Waals surface area contributed by atoms with Gasteiger partial charge in [-0.15, -0.1) is 4.99 Å². The van der Waals surface area contributed by atoms with Gasteiger partial charge in [0.2, 0.25) is 5.96 Å². The molecule has 0 rings (SSSR count). The SMILES string of the molecule is CC(C)(C)OC(=O)N=C(N)N=CC=CN. The van der Waals surface area contributed by atoms with Crippen molar-refractivity contribution in [1.29, 1.82) is 0 Å². The van der Waals surface area contributed by atoms with Crippen LogP contribution >= 0.6 is 0 Å². The van der Waals surface area contributed by atoms with E-state index in [1.54, 1.807) is 20.8 Å². The maximum Gasteiger partial charge on any atom is 0.437 e. The largest absolute Gasteiger partial charge is 0.442 e. The monoisotopic (exact) mass is 212 g/mol. The number of ether oxygens (including phenoxy) is 1. The number of amides is 1. The first kappa shape index (κ1) is 13.2. The van der Waals surface area contributed by atoms with Gasteiger partial charge in [0.1, 0.15) is 5.60 Å². The van der Waals surface area contributed by atoms with E-state index in [0.29, 0.717) is 0 Å². The molecule has 0 bridgehead atoms. The number of aliphatic imine (C=N–C) groups is 2. The number of carbonyl (C=O) groups excluding carboxylic acids is 1. The predicted octanol–water partition coefficient (Wildman–Crippen LogP) is 0.779. The topological polar surface area (TPSA) is 103 Å². The van der Waals surface area contributed by atoms with Crippen LogP contribution < -0.4 is 11.5 Å². The summed E-state index contributed by atoms with van der Waals surface area (Å²) in [5.74, 6) is -0.178. The highest BCUT2D eigenvalue weighted by atomic mass is 16.6. The molecule has 0 saturated carbocycles. The minimum Gasteiger partial charge on any atom is -0.442 e.